The SMILES string of the molecule is CC1Cc2ccccc2N1C(=O)C1(c2c[nH]c3ccc(F)cc23)CC1. The van der Waals surface area contributed by atoms with Crippen molar-refractivity contribution in [1.82, 2.24) is 4.98 Å². The first-order valence-electron chi connectivity index (χ1n) is 8.79. The van der Waals surface area contributed by atoms with Gasteiger partial charge < -0.3 is 9.88 Å². The van der Waals surface area contributed by atoms with Gasteiger partial charge in [-0.1, -0.05) is 18.2 Å². The molecule has 1 saturated carbocycles. The largest absolute Gasteiger partial charge is 0.361 e. The summed E-state index contributed by atoms with van der Waals surface area (Å²) in [7, 11) is 0. The zero-order chi connectivity index (χ0) is 17.2. The van der Waals surface area contributed by atoms with Crippen LogP contribution in [-0.2, 0) is 16.6 Å². The molecule has 2 heterocycles. The fourth-order valence-electron chi connectivity index (χ4n) is 4.32. The number of nitrogens with zero attached hydrogens (tertiary/aromatic N) is 1. The number of carbonyl (C=O) groups excluding carboxylic acids is 1. The number of rotatable bonds is 2. The van der Waals surface area contributed by atoms with Crippen molar-refractivity contribution in [3.63, 3.8) is 0 Å². The van der Waals surface area contributed by atoms with Crippen molar-refractivity contribution in [2.45, 2.75) is 37.6 Å². The maximum atomic E-state index is 13.8. The van der Waals surface area contributed by atoms with Gasteiger partial charge in [-0.2, -0.15) is 0 Å². The average Bonchev–Trinajstić information content (AvgIpc) is 3.19. The number of nitrogens with one attached hydrogen (secondary N) is 1. The monoisotopic (exact) mass is 334 g/mol. The number of amides is 1. The number of benzene rings is 2. The molecular weight excluding hydrogens is 315 g/mol. The van der Waals surface area contributed by atoms with Crippen LogP contribution in [0.4, 0.5) is 10.1 Å². The molecule has 2 aromatic carbocycles. The Hall–Kier alpha value is -2.62. The number of hydrogen-bond acceptors (Lipinski definition) is 1. The summed E-state index contributed by atoms with van der Waals surface area (Å²) in [6.45, 7) is 2.10. The lowest BCUT2D eigenvalue weighted by atomic mass is 9.93. The van der Waals surface area contributed by atoms with Crippen LogP contribution in [0.3, 0.4) is 0 Å². The number of hydrogen-bond donors (Lipinski definition) is 1. The highest BCUT2D eigenvalue weighted by atomic mass is 19.1. The molecule has 1 N–H and O–H groups in total. The average molecular weight is 334 g/mol. The van der Waals surface area contributed by atoms with Gasteiger partial charge in [-0.25, -0.2) is 4.39 Å². The first kappa shape index (κ1) is 14.7. The van der Waals surface area contributed by atoms with Gasteiger partial charge in [-0.15, -0.1) is 0 Å². The number of aromatic amines is 1. The van der Waals surface area contributed by atoms with Crippen molar-refractivity contribution in [3.05, 3.63) is 65.6 Å². The number of anilines is 1. The van der Waals surface area contributed by atoms with Crippen LogP contribution in [-0.4, -0.2) is 16.9 Å². The Morgan fingerprint density at radius 2 is 2.04 bits per heavy atom. The molecule has 5 rings (SSSR count). The standard InChI is InChI=1S/C21H19FN2O/c1-13-10-14-4-2-3-5-19(14)24(13)20(25)21(8-9-21)17-12-23-18-7-6-15(22)11-16(17)18/h2-7,11-13,23H,8-10H2,1H3. The Labute approximate surface area is 145 Å². The van der Waals surface area contributed by atoms with E-state index in [-0.39, 0.29) is 17.8 Å². The van der Waals surface area contributed by atoms with Crippen molar-refractivity contribution in [1.29, 1.82) is 0 Å². The van der Waals surface area contributed by atoms with Gasteiger partial charge in [0.25, 0.3) is 0 Å². The zero-order valence-electron chi connectivity index (χ0n) is 14.1. The number of aromatic nitrogens is 1. The van der Waals surface area contributed by atoms with Gasteiger partial charge >= 0.3 is 0 Å². The second-order valence-corrected chi connectivity index (χ2v) is 7.33. The molecule has 126 valence electrons. The Kier molecular flexibility index (Phi) is 2.91. The first-order valence-corrected chi connectivity index (χ1v) is 8.79. The van der Waals surface area contributed by atoms with Gasteiger partial charge in [0, 0.05) is 28.8 Å². The molecule has 0 spiro atoms. The lowest BCUT2D eigenvalue weighted by Crippen LogP contribution is -2.42. The minimum atomic E-state index is -0.516. The Bertz CT molecular complexity index is 1000. The van der Waals surface area contributed by atoms with Gasteiger partial charge in [0.05, 0.1) is 5.41 Å². The smallest absolute Gasteiger partial charge is 0.237 e. The van der Waals surface area contributed by atoms with Crippen LogP contribution >= 0.6 is 0 Å². The third-order valence-corrected chi connectivity index (χ3v) is 5.74. The van der Waals surface area contributed by atoms with Gasteiger partial charge in [-0.3, -0.25) is 4.79 Å². The summed E-state index contributed by atoms with van der Waals surface area (Å²) in [4.78, 5) is 18.7. The summed E-state index contributed by atoms with van der Waals surface area (Å²) in [5.74, 6) is -0.119. The number of fused-ring (bicyclic) bond motifs is 2. The number of halogens is 1. The summed E-state index contributed by atoms with van der Waals surface area (Å²) in [5, 5.41) is 0.825. The molecule has 2 aliphatic rings. The topological polar surface area (TPSA) is 36.1 Å². The molecule has 3 nitrogen and oxygen atoms in total. The van der Waals surface area contributed by atoms with Crippen molar-refractivity contribution in [2.75, 3.05) is 4.90 Å². The quantitative estimate of drug-likeness (QED) is 0.744. The first-order chi connectivity index (χ1) is 12.1. The zero-order valence-corrected chi connectivity index (χ0v) is 14.1. The lowest BCUT2D eigenvalue weighted by molar-refractivity contribution is -0.121. The van der Waals surface area contributed by atoms with E-state index in [1.54, 1.807) is 6.07 Å². The third-order valence-electron chi connectivity index (χ3n) is 5.74. The van der Waals surface area contributed by atoms with Crippen LogP contribution in [0.25, 0.3) is 10.9 Å². The number of H-pyrrole nitrogens is 1. The van der Waals surface area contributed by atoms with Crippen LogP contribution in [0, 0.1) is 5.82 Å². The van der Waals surface area contributed by atoms with Crippen molar-refractivity contribution in [3.8, 4) is 0 Å². The van der Waals surface area contributed by atoms with Crippen molar-refractivity contribution >= 4 is 22.5 Å². The second kappa shape index (κ2) is 4.94. The predicted molar refractivity (Wildman–Crippen MR) is 96.3 cm³/mol. The Balaban J connectivity index is 1.60. The van der Waals surface area contributed by atoms with Gasteiger partial charge in [0.15, 0.2) is 0 Å². The molecule has 1 unspecified atom stereocenters. The van der Waals surface area contributed by atoms with E-state index in [0.717, 1.165) is 41.4 Å². The van der Waals surface area contributed by atoms with E-state index in [9.17, 15) is 9.18 Å². The lowest BCUT2D eigenvalue weighted by Gasteiger charge is -2.27. The highest BCUT2D eigenvalue weighted by Crippen LogP contribution is 2.53. The van der Waals surface area contributed by atoms with Crippen LogP contribution in [0.2, 0.25) is 0 Å². The Morgan fingerprint density at radius 1 is 1.24 bits per heavy atom. The molecule has 1 atom stereocenters. The summed E-state index contributed by atoms with van der Waals surface area (Å²) in [6.07, 6.45) is 4.42. The molecular formula is C21H19FN2O. The minimum Gasteiger partial charge on any atom is -0.361 e. The molecule has 1 aliphatic heterocycles. The molecule has 0 saturated heterocycles. The molecule has 0 bridgehead atoms. The normalized spacial score (nSPS) is 20.7. The molecule has 1 aromatic heterocycles. The molecule has 3 aromatic rings. The minimum absolute atomic E-state index is 0.148. The van der Waals surface area contributed by atoms with Crippen LogP contribution < -0.4 is 4.90 Å². The summed E-state index contributed by atoms with van der Waals surface area (Å²) >= 11 is 0. The van der Waals surface area contributed by atoms with E-state index < -0.39 is 5.41 Å². The van der Waals surface area contributed by atoms with E-state index in [2.05, 4.69) is 18.0 Å². The third kappa shape index (κ3) is 2.00. The van der Waals surface area contributed by atoms with Crippen LogP contribution in [0.1, 0.15) is 30.9 Å². The van der Waals surface area contributed by atoms with Crippen molar-refractivity contribution < 1.29 is 9.18 Å². The predicted octanol–water partition coefficient (Wildman–Crippen LogP) is 4.32. The van der Waals surface area contributed by atoms with Gasteiger partial charge in [-0.05, 0) is 61.6 Å². The fourth-order valence-corrected chi connectivity index (χ4v) is 4.32. The molecule has 1 amide bonds. The molecule has 4 heteroatoms. The van der Waals surface area contributed by atoms with Crippen LogP contribution in [0.15, 0.2) is 48.7 Å². The van der Waals surface area contributed by atoms with E-state index in [4.69, 9.17) is 0 Å². The molecule has 25 heavy (non-hydrogen) atoms. The second-order valence-electron chi connectivity index (χ2n) is 7.33. The maximum absolute atomic E-state index is 13.8. The molecule has 0 radical (unpaired) electrons. The summed E-state index contributed by atoms with van der Waals surface area (Å²) in [5.41, 5.74) is 3.55. The molecule has 1 fully saturated rings. The van der Waals surface area contributed by atoms with E-state index in [1.807, 2.05) is 29.3 Å². The van der Waals surface area contributed by atoms with E-state index in [1.165, 1.54) is 17.7 Å². The van der Waals surface area contributed by atoms with Crippen LogP contribution in [0.5, 0.6) is 0 Å². The number of para-hydroxylation sites is 1. The summed E-state index contributed by atoms with van der Waals surface area (Å²) in [6, 6.07) is 13.0. The Morgan fingerprint density at radius 3 is 2.84 bits per heavy atom. The van der Waals surface area contributed by atoms with Gasteiger partial charge in [0.2, 0.25) is 5.91 Å². The van der Waals surface area contributed by atoms with Gasteiger partial charge in [0.1, 0.15) is 5.82 Å². The highest BCUT2D eigenvalue weighted by molar-refractivity contribution is 6.07. The number of carbonyl (C=O) groups is 1. The summed E-state index contributed by atoms with van der Waals surface area (Å²) < 4.78 is 13.8. The fraction of sp³-hybridized carbons (Fsp3) is 0.286. The van der Waals surface area contributed by atoms with E-state index in [0.29, 0.717) is 0 Å². The van der Waals surface area contributed by atoms with Crippen molar-refractivity contribution in [2.24, 2.45) is 0 Å². The highest BCUT2D eigenvalue weighted by Gasteiger charge is 2.55. The maximum Gasteiger partial charge on any atom is 0.237 e. The molecule has 1 aliphatic carbocycles. The van der Waals surface area contributed by atoms with E-state index >= 15 is 0 Å².